The SMILES string of the molecule is COC(C)CN1CCCN(CCCCN)CC1. The van der Waals surface area contributed by atoms with Crippen LogP contribution in [-0.2, 0) is 4.74 Å². The largest absolute Gasteiger partial charge is 0.380 e. The van der Waals surface area contributed by atoms with E-state index in [4.69, 9.17) is 10.5 Å². The average molecular weight is 243 g/mol. The molecule has 1 saturated heterocycles. The van der Waals surface area contributed by atoms with Gasteiger partial charge in [-0.2, -0.15) is 0 Å². The lowest BCUT2D eigenvalue weighted by Crippen LogP contribution is -2.35. The van der Waals surface area contributed by atoms with Gasteiger partial charge < -0.3 is 15.4 Å². The molecule has 0 aliphatic carbocycles. The highest BCUT2D eigenvalue weighted by molar-refractivity contribution is 4.71. The van der Waals surface area contributed by atoms with E-state index >= 15 is 0 Å². The summed E-state index contributed by atoms with van der Waals surface area (Å²) in [6.07, 6.45) is 4.02. The zero-order chi connectivity index (χ0) is 12.5. The Morgan fingerprint density at radius 3 is 2.53 bits per heavy atom. The van der Waals surface area contributed by atoms with Gasteiger partial charge in [-0.15, -0.1) is 0 Å². The minimum absolute atomic E-state index is 0.346. The van der Waals surface area contributed by atoms with E-state index in [1.807, 2.05) is 0 Å². The summed E-state index contributed by atoms with van der Waals surface area (Å²) in [5.74, 6) is 0. The van der Waals surface area contributed by atoms with Gasteiger partial charge in [0.1, 0.15) is 0 Å². The Balaban J connectivity index is 2.19. The van der Waals surface area contributed by atoms with Crippen LogP contribution < -0.4 is 5.73 Å². The van der Waals surface area contributed by atoms with Gasteiger partial charge in [0.05, 0.1) is 6.10 Å². The van der Waals surface area contributed by atoms with Gasteiger partial charge in [-0.05, 0) is 52.4 Å². The van der Waals surface area contributed by atoms with Crippen LogP contribution in [0, 0.1) is 0 Å². The highest BCUT2D eigenvalue weighted by Gasteiger charge is 2.15. The molecule has 17 heavy (non-hydrogen) atoms. The van der Waals surface area contributed by atoms with Crippen LogP contribution in [0.25, 0.3) is 0 Å². The normalized spacial score (nSPS) is 21.4. The van der Waals surface area contributed by atoms with Gasteiger partial charge in [0.15, 0.2) is 0 Å². The monoisotopic (exact) mass is 243 g/mol. The van der Waals surface area contributed by atoms with Crippen molar-refractivity contribution in [1.29, 1.82) is 0 Å². The Bertz CT molecular complexity index is 190. The van der Waals surface area contributed by atoms with Gasteiger partial charge in [0, 0.05) is 26.7 Å². The second-order valence-electron chi connectivity index (χ2n) is 5.04. The number of hydrogen-bond acceptors (Lipinski definition) is 4. The van der Waals surface area contributed by atoms with Crippen molar-refractivity contribution in [3.05, 3.63) is 0 Å². The van der Waals surface area contributed by atoms with Gasteiger partial charge in [-0.1, -0.05) is 0 Å². The molecule has 0 amide bonds. The van der Waals surface area contributed by atoms with E-state index in [1.165, 1.54) is 45.6 Å². The summed E-state index contributed by atoms with van der Waals surface area (Å²) in [6, 6.07) is 0. The van der Waals surface area contributed by atoms with Gasteiger partial charge in [-0.3, -0.25) is 4.90 Å². The second kappa shape index (κ2) is 8.86. The summed E-state index contributed by atoms with van der Waals surface area (Å²) in [5, 5.41) is 0. The van der Waals surface area contributed by atoms with Crippen molar-refractivity contribution in [2.75, 3.05) is 52.9 Å². The first-order valence-electron chi connectivity index (χ1n) is 6.94. The lowest BCUT2D eigenvalue weighted by molar-refractivity contribution is 0.0782. The van der Waals surface area contributed by atoms with Crippen molar-refractivity contribution in [1.82, 2.24) is 9.80 Å². The van der Waals surface area contributed by atoms with Crippen molar-refractivity contribution in [3.63, 3.8) is 0 Å². The predicted octanol–water partition coefficient (Wildman–Crippen LogP) is 0.768. The van der Waals surface area contributed by atoms with Crippen LogP contribution >= 0.6 is 0 Å². The highest BCUT2D eigenvalue weighted by atomic mass is 16.5. The molecule has 1 heterocycles. The fraction of sp³-hybridized carbons (Fsp3) is 1.00. The molecule has 1 rings (SSSR count). The first-order valence-corrected chi connectivity index (χ1v) is 6.94. The van der Waals surface area contributed by atoms with Crippen LogP contribution in [-0.4, -0.2) is 68.8 Å². The maximum atomic E-state index is 5.53. The predicted molar refractivity (Wildman–Crippen MR) is 72.3 cm³/mol. The van der Waals surface area contributed by atoms with Gasteiger partial charge in [-0.25, -0.2) is 0 Å². The summed E-state index contributed by atoms with van der Waals surface area (Å²) >= 11 is 0. The Morgan fingerprint density at radius 2 is 1.82 bits per heavy atom. The van der Waals surface area contributed by atoms with E-state index in [1.54, 1.807) is 7.11 Å². The Kier molecular flexibility index (Phi) is 7.77. The highest BCUT2D eigenvalue weighted by Crippen LogP contribution is 2.06. The number of nitrogens with two attached hydrogens (primary N) is 1. The topological polar surface area (TPSA) is 41.7 Å². The van der Waals surface area contributed by atoms with E-state index in [9.17, 15) is 0 Å². The quantitative estimate of drug-likeness (QED) is 0.671. The molecule has 0 aromatic rings. The van der Waals surface area contributed by atoms with Crippen molar-refractivity contribution in [2.45, 2.75) is 32.3 Å². The summed E-state index contributed by atoms with van der Waals surface area (Å²) in [6.45, 7) is 10.1. The molecule has 102 valence electrons. The lowest BCUT2D eigenvalue weighted by atomic mass is 10.3. The van der Waals surface area contributed by atoms with Crippen LogP contribution in [0.4, 0.5) is 0 Å². The van der Waals surface area contributed by atoms with Crippen LogP contribution in [0.2, 0.25) is 0 Å². The average Bonchev–Trinajstić information content (AvgIpc) is 2.55. The Labute approximate surface area is 106 Å². The number of rotatable bonds is 7. The number of ether oxygens (including phenoxy) is 1. The van der Waals surface area contributed by atoms with Crippen molar-refractivity contribution < 1.29 is 4.74 Å². The number of methoxy groups -OCH3 is 1. The Morgan fingerprint density at radius 1 is 1.12 bits per heavy atom. The molecule has 1 aliphatic heterocycles. The maximum absolute atomic E-state index is 5.53. The molecule has 0 radical (unpaired) electrons. The smallest absolute Gasteiger partial charge is 0.0670 e. The summed E-state index contributed by atoms with van der Waals surface area (Å²) in [7, 11) is 1.79. The molecule has 0 saturated carbocycles. The molecule has 0 aromatic carbocycles. The molecule has 0 spiro atoms. The number of nitrogens with zero attached hydrogens (tertiary/aromatic N) is 2. The summed E-state index contributed by atoms with van der Waals surface area (Å²) in [5.41, 5.74) is 5.53. The van der Waals surface area contributed by atoms with Crippen LogP contribution in [0.1, 0.15) is 26.2 Å². The molecule has 0 aromatic heterocycles. The van der Waals surface area contributed by atoms with Gasteiger partial charge in [0.25, 0.3) is 0 Å². The zero-order valence-corrected chi connectivity index (χ0v) is 11.5. The first kappa shape index (κ1) is 14.9. The molecular formula is C13H29N3O. The van der Waals surface area contributed by atoms with E-state index in [2.05, 4.69) is 16.7 Å². The van der Waals surface area contributed by atoms with Crippen molar-refractivity contribution >= 4 is 0 Å². The maximum Gasteiger partial charge on any atom is 0.0670 e. The minimum atomic E-state index is 0.346. The Hall–Kier alpha value is -0.160. The third-order valence-corrected chi connectivity index (χ3v) is 3.53. The van der Waals surface area contributed by atoms with E-state index < -0.39 is 0 Å². The van der Waals surface area contributed by atoms with Crippen LogP contribution in [0.5, 0.6) is 0 Å². The van der Waals surface area contributed by atoms with Crippen molar-refractivity contribution in [2.24, 2.45) is 5.73 Å². The second-order valence-corrected chi connectivity index (χ2v) is 5.04. The standard InChI is InChI=1S/C13H29N3O/c1-13(17-2)12-16-9-5-8-15(10-11-16)7-4-3-6-14/h13H,3-12,14H2,1-2H3. The van der Waals surface area contributed by atoms with Crippen LogP contribution in [0.15, 0.2) is 0 Å². The fourth-order valence-electron chi connectivity index (χ4n) is 2.35. The van der Waals surface area contributed by atoms with Crippen molar-refractivity contribution in [3.8, 4) is 0 Å². The van der Waals surface area contributed by atoms with Gasteiger partial charge in [0.2, 0.25) is 0 Å². The minimum Gasteiger partial charge on any atom is -0.380 e. The van der Waals surface area contributed by atoms with E-state index in [0.29, 0.717) is 6.10 Å². The molecule has 1 fully saturated rings. The molecule has 1 unspecified atom stereocenters. The molecule has 1 atom stereocenters. The van der Waals surface area contributed by atoms with E-state index in [-0.39, 0.29) is 0 Å². The molecule has 0 bridgehead atoms. The molecule has 4 heteroatoms. The summed E-state index contributed by atoms with van der Waals surface area (Å²) in [4.78, 5) is 5.10. The van der Waals surface area contributed by atoms with Crippen LogP contribution in [0.3, 0.4) is 0 Å². The third kappa shape index (κ3) is 6.36. The zero-order valence-electron chi connectivity index (χ0n) is 11.5. The third-order valence-electron chi connectivity index (χ3n) is 3.53. The summed E-state index contributed by atoms with van der Waals surface area (Å²) < 4.78 is 5.33. The first-order chi connectivity index (χ1) is 8.26. The number of hydrogen-bond donors (Lipinski definition) is 1. The van der Waals surface area contributed by atoms with E-state index in [0.717, 1.165) is 19.5 Å². The molecule has 2 N–H and O–H groups in total. The molecule has 4 nitrogen and oxygen atoms in total. The van der Waals surface area contributed by atoms with Gasteiger partial charge >= 0.3 is 0 Å². The lowest BCUT2D eigenvalue weighted by Gasteiger charge is -2.23. The molecular weight excluding hydrogens is 214 g/mol. The molecule has 1 aliphatic rings. The fourth-order valence-corrected chi connectivity index (χ4v) is 2.35. The number of unbranched alkanes of at least 4 members (excludes halogenated alkanes) is 1.